The van der Waals surface area contributed by atoms with Crippen LogP contribution in [0.15, 0.2) is 55.0 Å². The van der Waals surface area contributed by atoms with E-state index in [0.717, 1.165) is 24.2 Å². The Labute approximate surface area is 162 Å². The smallest absolute Gasteiger partial charge is 0.251 e. The van der Waals surface area contributed by atoms with Crippen molar-refractivity contribution in [3.8, 4) is 0 Å². The number of hydrogen-bond acceptors (Lipinski definition) is 4. The van der Waals surface area contributed by atoms with E-state index in [-0.39, 0.29) is 11.8 Å². The molecular formula is C21H22N4O3. The van der Waals surface area contributed by atoms with Crippen molar-refractivity contribution in [3.05, 3.63) is 66.1 Å². The van der Waals surface area contributed by atoms with Crippen LogP contribution in [0.1, 0.15) is 28.8 Å². The first-order valence-electron chi connectivity index (χ1n) is 9.35. The van der Waals surface area contributed by atoms with Gasteiger partial charge in [-0.15, -0.1) is 0 Å². The highest BCUT2D eigenvalue weighted by Crippen LogP contribution is 2.18. The molecule has 28 heavy (non-hydrogen) atoms. The van der Waals surface area contributed by atoms with Crippen LogP contribution in [0.5, 0.6) is 0 Å². The quantitative estimate of drug-likeness (QED) is 0.691. The average Bonchev–Trinajstić information content (AvgIpc) is 3.38. The highest BCUT2D eigenvalue weighted by Gasteiger charge is 2.19. The highest BCUT2D eigenvalue weighted by atomic mass is 16.5. The molecule has 1 atom stereocenters. The van der Waals surface area contributed by atoms with Gasteiger partial charge in [-0.25, -0.2) is 4.98 Å². The van der Waals surface area contributed by atoms with Crippen molar-refractivity contribution in [2.75, 3.05) is 18.5 Å². The van der Waals surface area contributed by atoms with Gasteiger partial charge in [0, 0.05) is 56.0 Å². The Morgan fingerprint density at radius 3 is 2.82 bits per heavy atom. The number of carbonyl (C=O) groups is 2. The summed E-state index contributed by atoms with van der Waals surface area (Å²) in [5.74, 6) is 0.112. The minimum absolute atomic E-state index is 0.0254. The molecular weight excluding hydrogens is 356 g/mol. The van der Waals surface area contributed by atoms with Crippen molar-refractivity contribution in [1.29, 1.82) is 0 Å². The molecule has 144 valence electrons. The van der Waals surface area contributed by atoms with E-state index in [4.69, 9.17) is 4.74 Å². The van der Waals surface area contributed by atoms with Crippen molar-refractivity contribution in [3.63, 3.8) is 0 Å². The predicted molar refractivity (Wildman–Crippen MR) is 105 cm³/mol. The lowest BCUT2D eigenvalue weighted by molar-refractivity contribution is -0.117. The number of ether oxygens (including phenoxy) is 1. The van der Waals surface area contributed by atoms with E-state index in [2.05, 4.69) is 15.6 Å². The van der Waals surface area contributed by atoms with Crippen molar-refractivity contribution < 1.29 is 14.3 Å². The number of carbonyl (C=O) groups excluding carboxylic acids is 2. The molecule has 0 aliphatic carbocycles. The fraction of sp³-hybridized carbons (Fsp3) is 0.286. The van der Waals surface area contributed by atoms with E-state index in [0.29, 0.717) is 36.7 Å². The van der Waals surface area contributed by atoms with Gasteiger partial charge in [-0.1, -0.05) is 6.07 Å². The molecule has 2 amide bonds. The lowest BCUT2D eigenvalue weighted by atomic mass is 10.0. The zero-order valence-corrected chi connectivity index (χ0v) is 15.4. The third-order valence-electron chi connectivity index (χ3n) is 4.83. The van der Waals surface area contributed by atoms with Crippen LogP contribution < -0.4 is 10.6 Å². The molecule has 0 radical (unpaired) electrons. The Bertz CT molecular complexity index is 975. The topological polar surface area (TPSA) is 84.7 Å². The second kappa shape index (κ2) is 8.22. The molecule has 1 aliphatic rings. The summed E-state index contributed by atoms with van der Waals surface area (Å²) in [5, 5.41) is 5.78. The van der Waals surface area contributed by atoms with Crippen LogP contribution in [0.25, 0.3) is 5.65 Å². The monoisotopic (exact) mass is 378 g/mol. The van der Waals surface area contributed by atoms with Crippen LogP contribution in [0, 0.1) is 5.92 Å². The maximum atomic E-state index is 12.4. The van der Waals surface area contributed by atoms with Crippen LogP contribution in [0.3, 0.4) is 0 Å². The minimum atomic E-state index is -0.160. The fourth-order valence-corrected chi connectivity index (χ4v) is 3.28. The largest absolute Gasteiger partial charge is 0.381 e. The van der Waals surface area contributed by atoms with Gasteiger partial charge in [0.15, 0.2) is 0 Å². The normalized spacial score (nSPS) is 16.2. The third-order valence-corrected chi connectivity index (χ3v) is 4.83. The van der Waals surface area contributed by atoms with Gasteiger partial charge in [0.25, 0.3) is 5.91 Å². The number of pyridine rings is 1. The lowest BCUT2D eigenvalue weighted by Crippen LogP contribution is -2.23. The molecule has 3 heterocycles. The van der Waals surface area contributed by atoms with Gasteiger partial charge in [0.2, 0.25) is 5.91 Å². The summed E-state index contributed by atoms with van der Waals surface area (Å²) in [5.41, 5.74) is 3.09. The van der Waals surface area contributed by atoms with Gasteiger partial charge in [-0.05, 0) is 48.2 Å². The van der Waals surface area contributed by atoms with Gasteiger partial charge >= 0.3 is 0 Å². The average molecular weight is 378 g/mol. The Morgan fingerprint density at radius 2 is 2.04 bits per heavy atom. The highest BCUT2D eigenvalue weighted by molar-refractivity contribution is 5.95. The van der Waals surface area contributed by atoms with E-state index in [1.165, 1.54) is 0 Å². The summed E-state index contributed by atoms with van der Waals surface area (Å²) >= 11 is 0. The molecule has 7 nitrogen and oxygen atoms in total. The molecule has 1 saturated heterocycles. The Morgan fingerprint density at radius 1 is 1.18 bits per heavy atom. The Balaban J connectivity index is 1.29. The molecule has 1 unspecified atom stereocenters. The van der Waals surface area contributed by atoms with Gasteiger partial charge in [0.1, 0.15) is 5.65 Å². The van der Waals surface area contributed by atoms with E-state index in [1.54, 1.807) is 30.5 Å². The SMILES string of the molecule is O=C(CC1CCOC1)Nc1ccc(C(=O)NCc2ccc3nccn3c2)cc1. The zero-order chi connectivity index (χ0) is 19.3. The summed E-state index contributed by atoms with van der Waals surface area (Å²) < 4.78 is 7.21. The first-order chi connectivity index (χ1) is 13.7. The number of rotatable bonds is 6. The number of imidazole rings is 1. The minimum Gasteiger partial charge on any atom is -0.381 e. The van der Waals surface area contributed by atoms with Crippen LogP contribution in [-0.4, -0.2) is 34.4 Å². The maximum absolute atomic E-state index is 12.4. The van der Waals surface area contributed by atoms with Gasteiger partial charge in [-0.3, -0.25) is 9.59 Å². The van der Waals surface area contributed by atoms with Gasteiger partial charge in [-0.2, -0.15) is 0 Å². The van der Waals surface area contributed by atoms with Crippen molar-refractivity contribution in [1.82, 2.24) is 14.7 Å². The van der Waals surface area contributed by atoms with E-state index >= 15 is 0 Å². The molecule has 1 fully saturated rings. The van der Waals surface area contributed by atoms with Crippen LogP contribution in [0.2, 0.25) is 0 Å². The Kier molecular flexibility index (Phi) is 5.34. The second-order valence-corrected chi connectivity index (χ2v) is 6.97. The van der Waals surface area contributed by atoms with E-state index < -0.39 is 0 Å². The molecule has 7 heteroatoms. The van der Waals surface area contributed by atoms with Gasteiger partial charge in [0.05, 0.1) is 0 Å². The van der Waals surface area contributed by atoms with Crippen LogP contribution >= 0.6 is 0 Å². The number of hydrogen-bond donors (Lipinski definition) is 2. The van der Waals surface area contributed by atoms with Crippen molar-refractivity contribution in [2.45, 2.75) is 19.4 Å². The van der Waals surface area contributed by atoms with Crippen molar-refractivity contribution >= 4 is 23.1 Å². The third kappa shape index (κ3) is 4.37. The van der Waals surface area contributed by atoms with E-state index in [1.807, 2.05) is 28.9 Å². The molecule has 1 aliphatic heterocycles. The fourth-order valence-electron chi connectivity index (χ4n) is 3.28. The molecule has 4 rings (SSSR count). The van der Waals surface area contributed by atoms with Crippen molar-refractivity contribution in [2.24, 2.45) is 5.92 Å². The van der Waals surface area contributed by atoms with Crippen LogP contribution in [-0.2, 0) is 16.1 Å². The standard InChI is InChI=1S/C21H22N4O3/c26-20(11-15-7-10-28-14-15)24-18-4-2-17(3-5-18)21(27)23-12-16-1-6-19-22-8-9-25(19)13-16/h1-6,8-9,13,15H,7,10-12,14H2,(H,23,27)(H,24,26). The first kappa shape index (κ1) is 18.2. The molecule has 2 N–H and O–H groups in total. The van der Waals surface area contributed by atoms with E-state index in [9.17, 15) is 9.59 Å². The summed E-state index contributed by atoms with van der Waals surface area (Å²) in [6, 6.07) is 10.8. The van der Waals surface area contributed by atoms with Crippen LogP contribution in [0.4, 0.5) is 5.69 Å². The maximum Gasteiger partial charge on any atom is 0.251 e. The summed E-state index contributed by atoms with van der Waals surface area (Å²) in [4.78, 5) is 28.6. The molecule has 1 aromatic carbocycles. The molecule has 0 spiro atoms. The number of nitrogens with one attached hydrogen (secondary N) is 2. The number of nitrogens with zero attached hydrogens (tertiary/aromatic N) is 2. The second-order valence-electron chi connectivity index (χ2n) is 6.97. The first-order valence-corrected chi connectivity index (χ1v) is 9.35. The summed E-state index contributed by atoms with van der Waals surface area (Å²) in [6.07, 6.45) is 6.94. The molecule has 2 aromatic heterocycles. The molecule has 3 aromatic rings. The number of aromatic nitrogens is 2. The predicted octanol–water partition coefficient (Wildman–Crippen LogP) is 2.63. The molecule has 0 saturated carbocycles. The Hall–Kier alpha value is -3.19. The number of anilines is 1. The lowest BCUT2D eigenvalue weighted by Gasteiger charge is -2.10. The number of benzene rings is 1. The number of amides is 2. The summed E-state index contributed by atoms with van der Waals surface area (Å²) in [7, 11) is 0. The summed E-state index contributed by atoms with van der Waals surface area (Å²) in [6.45, 7) is 1.81. The van der Waals surface area contributed by atoms with Gasteiger partial charge < -0.3 is 19.8 Å². The zero-order valence-electron chi connectivity index (χ0n) is 15.4. The number of fused-ring (bicyclic) bond motifs is 1. The molecule has 0 bridgehead atoms.